The number of ether oxygens (including phenoxy) is 2. The summed E-state index contributed by atoms with van der Waals surface area (Å²) in [5.41, 5.74) is 1.95. The Labute approximate surface area is 154 Å². The number of benzene rings is 1. The van der Waals surface area contributed by atoms with Crippen molar-refractivity contribution in [2.45, 2.75) is 58.6 Å². The van der Waals surface area contributed by atoms with Crippen molar-refractivity contribution in [3.05, 3.63) is 35.4 Å². The highest BCUT2D eigenvalue weighted by atomic mass is 16.6. The van der Waals surface area contributed by atoms with E-state index in [1.165, 1.54) is 0 Å². The topological polar surface area (TPSA) is 96.9 Å². The van der Waals surface area contributed by atoms with Gasteiger partial charge in [0.25, 0.3) is 0 Å². The Kier molecular flexibility index (Phi) is 7.41. The predicted molar refractivity (Wildman–Crippen MR) is 96.2 cm³/mol. The standard InChI is InChI=1S/C19H28N2O5/c1-12(2)10-16(17(22)20-15-8-9-25-18(15)23)21-19(24)26-11-14-7-5-4-6-13(14)3/h4-7,12,15-16,18,23H,8-11H2,1-3H3,(H,20,22)(H,21,24). The molecule has 1 aromatic carbocycles. The van der Waals surface area contributed by atoms with E-state index in [2.05, 4.69) is 10.6 Å². The zero-order valence-electron chi connectivity index (χ0n) is 15.5. The number of hydrogen-bond acceptors (Lipinski definition) is 5. The van der Waals surface area contributed by atoms with Gasteiger partial charge in [-0.1, -0.05) is 38.1 Å². The first-order valence-electron chi connectivity index (χ1n) is 8.94. The second-order valence-corrected chi connectivity index (χ2v) is 6.99. The van der Waals surface area contributed by atoms with Crippen molar-refractivity contribution in [3.63, 3.8) is 0 Å². The molecule has 0 radical (unpaired) electrons. The normalized spacial score (nSPS) is 20.7. The number of carbonyl (C=O) groups excluding carboxylic acids is 2. The molecule has 2 amide bonds. The number of carbonyl (C=O) groups is 2. The third-order valence-electron chi connectivity index (χ3n) is 4.33. The lowest BCUT2D eigenvalue weighted by Crippen LogP contribution is -2.51. The molecule has 1 aliphatic rings. The van der Waals surface area contributed by atoms with E-state index in [1.807, 2.05) is 45.0 Å². The fraction of sp³-hybridized carbons (Fsp3) is 0.579. The van der Waals surface area contributed by atoms with E-state index in [9.17, 15) is 14.7 Å². The lowest BCUT2D eigenvalue weighted by atomic mass is 10.0. The van der Waals surface area contributed by atoms with Crippen LogP contribution in [0.25, 0.3) is 0 Å². The smallest absolute Gasteiger partial charge is 0.408 e. The number of rotatable bonds is 7. The summed E-state index contributed by atoms with van der Waals surface area (Å²) in [5.74, 6) is -0.145. The summed E-state index contributed by atoms with van der Waals surface area (Å²) in [6.45, 7) is 6.42. The maximum atomic E-state index is 12.5. The molecule has 144 valence electrons. The van der Waals surface area contributed by atoms with Gasteiger partial charge in [-0.2, -0.15) is 0 Å². The summed E-state index contributed by atoms with van der Waals surface area (Å²) < 4.78 is 10.3. The van der Waals surface area contributed by atoms with Crippen LogP contribution in [0.4, 0.5) is 4.79 Å². The Hall–Kier alpha value is -2.12. The summed E-state index contributed by atoms with van der Waals surface area (Å²) in [6.07, 6.45) is -0.641. The van der Waals surface area contributed by atoms with Crippen molar-refractivity contribution in [1.29, 1.82) is 0 Å². The van der Waals surface area contributed by atoms with Crippen LogP contribution < -0.4 is 10.6 Å². The van der Waals surface area contributed by atoms with Gasteiger partial charge in [0.1, 0.15) is 12.6 Å². The summed E-state index contributed by atoms with van der Waals surface area (Å²) in [6, 6.07) is 6.45. The fourth-order valence-corrected chi connectivity index (χ4v) is 2.80. The third-order valence-corrected chi connectivity index (χ3v) is 4.33. The molecule has 1 heterocycles. The minimum Gasteiger partial charge on any atom is -0.445 e. The first-order valence-corrected chi connectivity index (χ1v) is 8.94. The molecule has 3 atom stereocenters. The lowest BCUT2D eigenvalue weighted by Gasteiger charge is -2.23. The van der Waals surface area contributed by atoms with Crippen LogP contribution in [0.15, 0.2) is 24.3 Å². The van der Waals surface area contributed by atoms with E-state index < -0.39 is 24.5 Å². The summed E-state index contributed by atoms with van der Waals surface area (Å²) in [5, 5.41) is 15.0. The average Bonchev–Trinajstić information content (AvgIpc) is 2.98. The Morgan fingerprint density at radius 3 is 2.69 bits per heavy atom. The van der Waals surface area contributed by atoms with Crippen molar-refractivity contribution in [2.24, 2.45) is 5.92 Å². The molecule has 3 unspecified atom stereocenters. The molecular formula is C19H28N2O5. The number of hydrogen-bond donors (Lipinski definition) is 3. The minimum absolute atomic E-state index is 0.143. The number of amides is 2. The maximum Gasteiger partial charge on any atom is 0.408 e. The second-order valence-electron chi connectivity index (χ2n) is 6.99. The van der Waals surface area contributed by atoms with Crippen LogP contribution >= 0.6 is 0 Å². The number of aliphatic hydroxyl groups excluding tert-OH is 1. The lowest BCUT2D eigenvalue weighted by molar-refractivity contribution is -0.127. The molecule has 1 fully saturated rings. The van der Waals surface area contributed by atoms with Crippen LogP contribution in [0.3, 0.4) is 0 Å². The van der Waals surface area contributed by atoms with Gasteiger partial charge < -0.3 is 25.2 Å². The molecule has 2 rings (SSSR count). The molecule has 0 saturated carbocycles. The van der Waals surface area contributed by atoms with E-state index in [0.717, 1.165) is 11.1 Å². The number of aliphatic hydroxyl groups is 1. The van der Waals surface area contributed by atoms with Crippen molar-refractivity contribution in [1.82, 2.24) is 10.6 Å². The molecule has 1 aromatic rings. The Morgan fingerprint density at radius 2 is 2.08 bits per heavy atom. The monoisotopic (exact) mass is 364 g/mol. The maximum absolute atomic E-state index is 12.5. The Bertz CT molecular complexity index is 620. The number of nitrogens with one attached hydrogen (secondary N) is 2. The first-order chi connectivity index (χ1) is 12.4. The third kappa shape index (κ3) is 6.00. The molecule has 0 aromatic heterocycles. The zero-order chi connectivity index (χ0) is 19.1. The van der Waals surface area contributed by atoms with E-state index in [-0.39, 0.29) is 18.4 Å². The van der Waals surface area contributed by atoms with Crippen molar-refractivity contribution in [3.8, 4) is 0 Å². The van der Waals surface area contributed by atoms with Crippen LogP contribution in [0.2, 0.25) is 0 Å². The summed E-state index contributed by atoms with van der Waals surface area (Å²) in [4.78, 5) is 24.6. The molecule has 7 nitrogen and oxygen atoms in total. The van der Waals surface area contributed by atoms with Crippen LogP contribution in [0.5, 0.6) is 0 Å². The van der Waals surface area contributed by atoms with Gasteiger partial charge in [0.05, 0.1) is 12.6 Å². The molecule has 0 bridgehead atoms. The minimum atomic E-state index is -1.01. The van der Waals surface area contributed by atoms with E-state index in [4.69, 9.17) is 9.47 Å². The van der Waals surface area contributed by atoms with Crippen LogP contribution in [0, 0.1) is 12.8 Å². The highest BCUT2D eigenvalue weighted by Gasteiger charge is 2.31. The molecule has 7 heteroatoms. The predicted octanol–water partition coefficient (Wildman–Crippen LogP) is 1.86. The van der Waals surface area contributed by atoms with Crippen molar-refractivity contribution < 1.29 is 24.2 Å². The van der Waals surface area contributed by atoms with Gasteiger partial charge in [0.2, 0.25) is 5.91 Å². The quantitative estimate of drug-likeness (QED) is 0.686. The number of aryl methyl sites for hydroxylation is 1. The molecule has 3 N–H and O–H groups in total. The largest absolute Gasteiger partial charge is 0.445 e. The van der Waals surface area contributed by atoms with Gasteiger partial charge in [-0.3, -0.25) is 4.79 Å². The molecule has 1 saturated heterocycles. The zero-order valence-corrected chi connectivity index (χ0v) is 15.5. The van der Waals surface area contributed by atoms with Gasteiger partial charge in [-0.05, 0) is 36.8 Å². The molecule has 26 heavy (non-hydrogen) atoms. The number of alkyl carbamates (subject to hydrolysis) is 1. The van der Waals surface area contributed by atoms with Crippen LogP contribution in [0.1, 0.15) is 37.8 Å². The van der Waals surface area contributed by atoms with Gasteiger partial charge in [-0.15, -0.1) is 0 Å². The van der Waals surface area contributed by atoms with Gasteiger partial charge in [0.15, 0.2) is 6.29 Å². The second kappa shape index (κ2) is 9.54. The van der Waals surface area contributed by atoms with Gasteiger partial charge >= 0.3 is 6.09 Å². The van der Waals surface area contributed by atoms with E-state index in [1.54, 1.807) is 0 Å². The average molecular weight is 364 g/mol. The fourth-order valence-electron chi connectivity index (χ4n) is 2.80. The molecule has 1 aliphatic heterocycles. The van der Waals surface area contributed by atoms with Gasteiger partial charge in [0, 0.05) is 0 Å². The van der Waals surface area contributed by atoms with Crippen molar-refractivity contribution in [2.75, 3.05) is 6.61 Å². The Morgan fingerprint density at radius 1 is 1.35 bits per heavy atom. The van der Waals surface area contributed by atoms with Crippen molar-refractivity contribution >= 4 is 12.0 Å². The van der Waals surface area contributed by atoms with E-state index >= 15 is 0 Å². The Balaban J connectivity index is 1.90. The van der Waals surface area contributed by atoms with E-state index in [0.29, 0.717) is 19.4 Å². The molecular weight excluding hydrogens is 336 g/mol. The van der Waals surface area contributed by atoms with Crippen LogP contribution in [-0.2, 0) is 20.9 Å². The first kappa shape index (κ1) is 20.2. The van der Waals surface area contributed by atoms with Crippen LogP contribution in [-0.4, -0.2) is 42.1 Å². The summed E-state index contributed by atoms with van der Waals surface area (Å²) in [7, 11) is 0. The molecule has 0 spiro atoms. The SMILES string of the molecule is Cc1ccccc1COC(=O)NC(CC(C)C)C(=O)NC1CCOC1O. The molecule has 0 aliphatic carbocycles. The van der Waals surface area contributed by atoms with Gasteiger partial charge in [-0.25, -0.2) is 4.79 Å². The summed E-state index contributed by atoms with van der Waals surface area (Å²) >= 11 is 0. The highest BCUT2D eigenvalue weighted by Crippen LogP contribution is 2.13. The highest BCUT2D eigenvalue weighted by molar-refractivity contribution is 5.85.